The van der Waals surface area contributed by atoms with Crippen molar-refractivity contribution in [3.63, 3.8) is 0 Å². The van der Waals surface area contributed by atoms with Gasteiger partial charge in [-0.1, -0.05) is 37.1 Å². The standard InChI is InChI=1S/C19H29N3O/c1-16-6-2-3-7-17(16)14-21-10-12-22(13-11-21)15-19(23)20-18-8-4-5-9-18/h2-3,6-7,18H,4-5,8-15H2,1H3,(H,20,23). The Morgan fingerprint density at radius 3 is 2.43 bits per heavy atom. The van der Waals surface area contributed by atoms with Crippen LogP contribution in [0.2, 0.25) is 0 Å². The highest BCUT2D eigenvalue weighted by molar-refractivity contribution is 5.78. The number of nitrogens with zero attached hydrogens (tertiary/aromatic N) is 2. The molecule has 1 aliphatic heterocycles. The van der Waals surface area contributed by atoms with Crippen LogP contribution in [0, 0.1) is 6.92 Å². The second-order valence-corrected chi connectivity index (χ2v) is 7.03. The minimum Gasteiger partial charge on any atom is -0.352 e. The molecule has 2 aliphatic rings. The Hall–Kier alpha value is -1.39. The predicted molar refractivity (Wildman–Crippen MR) is 93.3 cm³/mol. The van der Waals surface area contributed by atoms with Gasteiger partial charge in [-0.25, -0.2) is 0 Å². The molecule has 1 heterocycles. The van der Waals surface area contributed by atoms with Crippen LogP contribution in [0.3, 0.4) is 0 Å². The molecule has 1 N–H and O–H groups in total. The third-order valence-electron chi connectivity index (χ3n) is 5.21. The van der Waals surface area contributed by atoms with Gasteiger partial charge in [0, 0.05) is 38.8 Å². The van der Waals surface area contributed by atoms with E-state index in [0.29, 0.717) is 12.6 Å². The lowest BCUT2D eigenvalue weighted by Gasteiger charge is -2.34. The first-order valence-corrected chi connectivity index (χ1v) is 8.99. The first kappa shape index (κ1) is 16.5. The van der Waals surface area contributed by atoms with E-state index in [0.717, 1.165) is 45.6 Å². The monoisotopic (exact) mass is 315 g/mol. The maximum Gasteiger partial charge on any atom is 0.234 e. The summed E-state index contributed by atoms with van der Waals surface area (Å²) in [6.45, 7) is 7.84. The molecule has 0 bridgehead atoms. The van der Waals surface area contributed by atoms with Gasteiger partial charge < -0.3 is 5.32 Å². The van der Waals surface area contributed by atoms with Crippen LogP contribution in [-0.4, -0.2) is 54.5 Å². The molecule has 126 valence electrons. The zero-order chi connectivity index (χ0) is 16.1. The summed E-state index contributed by atoms with van der Waals surface area (Å²) in [5.41, 5.74) is 2.78. The molecule has 0 spiro atoms. The molecule has 0 radical (unpaired) electrons. The molecule has 0 aromatic heterocycles. The van der Waals surface area contributed by atoms with Crippen molar-refractivity contribution < 1.29 is 4.79 Å². The van der Waals surface area contributed by atoms with Crippen LogP contribution >= 0.6 is 0 Å². The number of carbonyl (C=O) groups excluding carboxylic acids is 1. The SMILES string of the molecule is Cc1ccccc1CN1CCN(CC(=O)NC2CCCC2)CC1. The summed E-state index contributed by atoms with van der Waals surface area (Å²) in [5, 5.41) is 3.19. The van der Waals surface area contributed by atoms with E-state index in [1.807, 2.05) is 0 Å². The highest BCUT2D eigenvalue weighted by atomic mass is 16.2. The lowest BCUT2D eigenvalue weighted by atomic mass is 10.1. The maximum atomic E-state index is 12.1. The van der Waals surface area contributed by atoms with E-state index in [1.165, 1.54) is 24.0 Å². The number of aryl methyl sites for hydroxylation is 1. The van der Waals surface area contributed by atoms with Crippen molar-refractivity contribution >= 4 is 5.91 Å². The van der Waals surface area contributed by atoms with Crippen molar-refractivity contribution in [2.75, 3.05) is 32.7 Å². The normalized spacial score (nSPS) is 20.7. The van der Waals surface area contributed by atoms with Gasteiger partial charge in [0.15, 0.2) is 0 Å². The fraction of sp³-hybridized carbons (Fsp3) is 0.632. The number of nitrogens with one attached hydrogen (secondary N) is 1. The Bertz CT molecular complexity index is 517. The molecule has 4 nitrogen and oxygen atoms in total. The lowest BCUT2D eigenvalue weighted by molar-refractivity contribution is -0.123. The molecule has 3 rings (SSSR count). The average Bonchev–Trinajstić information content (AvgIpc) is 3.04. The summed E-state index contributed by atoms with van der Waals surface area (Å²) in [6, 6.07) is 9.05. The maximum absolute atomic E-state index is 12.1. The summed E-state index contributed by atoms with van der Waals surface area (Å²) >= 11 is 0. The smallest absolute Gasteiger partial charge is 0.234 e. The Labute approximate surface area is 139 Å². The van der Waals surface area contributed by atoms with Crippen molar-refractivity contribution in [3.8, 4) is 0 Å². The van der Waals surface area contributed by atoms with Crippen molar-refractivity contribution in [2.45, 2.75) is 45.2 Å². The molecular formula is C19H29N3O. The topological polar surface area (TPSA) is 35.6 Å². The van der Waals surface area contributed by atoms with E-state index in [9.17, 15) is 4.79 Å². The van der Waals surface area contributed by atoms with Gasteiger partial charge in [0.1, 0.15) is 0 Å². The summed E-state index contributed by atoms with van der Waals surface area (Å²) in [7, 11) is 0. The Morgan fingerprint density at radius 2 is 1.74 bits per heavy atom. The summed E-state index contributed by atoms with van der Waals surface area (Å²) in [4.78, 5) is 16.9. The molecule has 0 unspecified atom stereocenters. The fourth-order valence-electron chi connectivity index (χ4n) is 3.68. The van der Waals surface area contributed by atoms with Gasteiger partial charge in [0.05, 0.1) is 6.54 Å². The van der Waals surface area contributed by atoms with Gasteiger partial charge in [-0.2, -0.15) is 0 Å². The molecule has 1 aromatic carbocycles. The van der Waals surface area contributed by atoms with Gasteiger partial charge in [0.2, 0.25) is 5.91 Å². The number of piperazine rings is 1. The van der Waals surface area contributed by atoms with Crippen LogP contribution in [-0.2, 0) is 11.3 Å². The van der Waals surface area contributed by atoms with E-state index in [-0.39, 0.29) is 5.91 Å². The molecule has 1 saturated heterocycles. The average molecular weight is 315 g/mol. The van der Waals surface area contributed by atoms with Gasteiger partial charge >= 0.3 is 0 Å². The summed E-state index contributed by atoms with van der Waals surface area (Å²) in [6.07, 6.45) is 4.86. The van der Waals surface area contributed by atoms with Crippen LogP contribution in [0.4, 0.5) is 0 Å². The molecule has 1 amide bonds. The van der Waals surface area contributed by atoms with E-state index >= 15 is 0 Å². The van der Waals surface area contributed by atoms with Gasteiger partial charge in [-0.05, 0) is 30.9 Å². The van der Waals surface area contributed by atoms with Crippen LogP contribution in [0.15, 0.2) is 24.3 Å². The van der Waals surface area contributed by atoms with E-state index < -0.39 is 0 Å². The number of hydrogen-bond acceptors (Lipinski definition) is 3. The number of amides is 1. The molecule has 2 fully saturated rings. The van der Waals surface area contributed by atoms with Crippen LogP contribution < -0.4 is 5.32 Å². The van der Waals surface area contributed by atoms with Crippen LogP contribution in [0.1, 0.15) is 36.8 Å². The largest absolute Gasteiger partial charge is 0.352 e. The van der Waals surface area contributed by atoms with Crippen LogP contribution in [0.5, 0.6) is 0 Å². The van der Waals surface area contributed by atoms with Crippen molar-refractivity contribution in [1.29, 1.82) is 0 Å². The Kier molecular flexibility index (Phi) is 5.68. The summed E-state index contributed by atoms with van der Waals surface area (Å²) in [5.74, 6) is 0.212. The predicted octanol–water partition coefficient (Wildman–Crippen LogP) is 2.17. The second kappa shape index (κ2) is 7.93. The van der Waals surface area contributed by atoms with Gasteiger partial charge in [-0.15, -0.1) is 0 Å². The van der Waals surface area contributed by atoms with E-state index in [1.54, 1.807) is 0 Å². The zero-order valence-electron chi connectivity index (χ0n) is 14.3. The minimum atomic E-state index is 0.212. The van der Waals surface area contributed by atoms with E-state index in [4.69, 9.17) is 0 Å². The van der Waals surface area contributed by atoms with Crippen molar-refractivity contribution in [2.24, 2.45) is 0 Å². The first-order valence-electron chi connectivity index (χ1n) is 8.99. The second-order valence-electron chi connectivity index (χ2n) is 7.03. The van der Waals surface area contributed by atoms with Gasteiger partial charge in [0.25, 0.3) is 0 Å². The number of carbonyl (C=O) groups is 1. The van der Waals surface area contributed by atoms with Gasteiger partial charge in [-0.3, -0.25) is 14.6 Å². The number of rotatable bonds is 5. The highest BCUT2D eigenvalue weighted by Gasteiger charge is 2.21. The first-order chi connectivity index (χ1) is 11.2. The number of hydrogen-bond donors (Lipinski definition) is 1. The minimum absolute atomic E-state index is 0.212. The molecule has 1 aromatic rings. The summed E-state index contributed by atoms with van der Waals surface area (Å²) < 4.78 is 0. The zero-order valence-corrected chi connectivity index (χ0v) is 14.3. The fourth-order valence-corrected chi connectivity index (χ4v) is 3.68. The molecular weight excluding hydrogens is 286 g/mol. The Morgan fingerprint density at radius 1 is 1.09 bits per heavy atom. The third-order valence-corrected chi connectivity index (χ3v) is 5.21. The highest BCUT2D eigenvalue weighted by Crippen LogP contribution is 2.17. The molecule has 1 aliphatic carbocycles. The molecule has 4 heteroatoms. The molecule has 0 atom stereocenters. The quantitative estimate of drug-likeness (QED) is 0.904. The lowest BCUT2D eigenvalue weighted by Crippen LogP contribution is -2.50. The van der Waals surface area contributed by atoms with Crippen LogP contribution in [0.25, 0.3) is 0 Å². The number of benzene rings is 1. The third kappa shape index (κ3) is 4.79. The molecule has 1 saturated carbocycles. The molecule has 23 heavy (non-hydrogen) atoms. The van der Waals surface area contributed by atoms with E-state index in [2.05, 4.69) is 46.3 Å². The van der Waals surface area contributed by atoms with Crippen molar-refractivity contribution in [3.05, 3.63) is 35.4 Å². The van der Waals surface area contributed by atoms with Crippen molar-refractivity contribution in [1.82, 2.24) is 15.1 Å². The Balaban J connectivity index is 1.40.